The molecule has 0 rings (SSSR count). The van der Waals surface area contributed by atoms with Gasteiger partial charge in [-0.25, -0.2) is 0 Å². The Balaban J connectivity index is 3.80. The van der Waals surface area contributed by atoms with Gasteiger partial charge in [0.15, 0.2) is 0 Å². The maximum Gasteiger partial charge on any atom is 0.123 e. The number of nitrogens with two attached hydrogens (primary N) is 1. The molecule has 3 N–H and O–H groups in total. The molecule has 0 heterocycles. The molecule has 0 saturated carbocycles. The summed E-state index contributed by atoms with van der Waals surface area (Å²) in [7, 11) is 1.76. The third-order valence-corrected chi connectivity index (χ3v) is 1.54. The number of hydrogen-bond acceptors (Lipinski definition) is 3. The van der Waals surface area contributed by atoms with Crippen LogP contribution in [-0.4, -0.2) is 18.3 Å². The van der Waals surface area contributed by atoms with Crippen molar-refractivity contribution >= 4 is 17.3 Å². The summed E-state index contributed by atoms with van der Waals surface area (Å²) in [6.07, 6.45) is 0.783. The predicted molar refractivity (Wildman–Crippen MR) is 40.6 cm³/mol. The number of rotatable bonds is 3. The van der Waals surface area contributed by atoms with E-state index in [0.29, 0.717) is 0 Å². The summed E-state index contributed by atoms with van der Waals surface area (Å²) in [4.78, 5) is 0. The molecule has 3 nitrogen and oxygen atoms in total. The summed E-state index contributed by atoms with van der Waals surface area (Å²) >= 11 is 5.71. The molecule has 0 spiro atoms. The minimum atomic E-state index is -0.222. The van der Waals surface area contributed by atoms with Crippen LogP contribution in [0.3, 0.4) is 0 Å². The smallest absolute Gasteiger partial charge is 0.123 e. The Bertz CT molecular complexity index is 102. The van der Waals surface area contributed by atoms with Gasteiger partial charge in [0.1, 0.15) is 5.50 Å². The maximum atomic E-state index is 5.71. The first-order valence-corrected chi connectivity index (χ1v) is 3.27. The van der Waals surface area contributed by atoms with Crippen LogP contribution in [0.2, 0.25) is 0 Å². The second-order valence-electron chi connectivity index (χ2n) is 1.63. The van der Waals surface area contributed by atoms with Crippen LogP contribution in [-0.2, 0) is 0 Å². The molecule has 0 amide bonds. The van der Waals surface area contributed by atoms with Crippen molar-refractivity contribution in [2.24, 2.45) is 10.9 Å². The Kier molecular flexibility index (Phi) is 4.44. The van der Waals surface area contributed by atoms with E-state index in [1.165, 1.54) is 0 Å². The summed E-state index contributed by atoms with van der Waals surface area (Å²) in [5, 5.41) is 6.32. The molecule has 0 fully saturated rings. The van der Waals surface area contributed by atoms with E-state index in [2.05, 4.69) is 10.4 Å². The summed E-state index contributed by atoms with van der Waals surface area (Å²) in [6, 6.07) is 0. The number of hydrogen-bond donors (Lipinski definition) is 2. The monoisotopic (exact) mass is 149 g/mol. The summed E-state index contributed by atoms with van der Waals surface area (Å²) in [6.45, 7) is 1.96. The normalized spacial score (nSPS) is 15.7. The topological polar surface area (TPSA) is 50.4 Å². The second kappa shape index (κ2) is 4.58. The Morgan fingerprint density at radius 2 is 2.44 bits per heavy atom. The molecular formula is C5H12ClN3. The third kappa shape index (κ3) is 2.67. The molecule has 9 heavy (non-hydrogen) atoms. The highest BCUT2D eigenvalue weighted by Crippen LogP contribution is 1.96. The van der Waals surface area contributed by atoms with E-state index in [-0.39, 0.29) is 5.50 Å². The third-order valence-electron chi connectivity index (χ3n) is 1.07. The highest BCUT2D eigenvalue weighted by molar-refractivity contribution is 6.31. The number of nitrogens with one attached hydrogen (secondary N) is 1. The van der Waals surface area contributed by atoms with Crippen LogP contribution < -0.4 is 11.2 Å². The van der Waals surface area contributed by atoms with Gasteiger partial charge in [0, 0.05) is 0 Å². The number of halogens is 1. The molecule has 0 aromatic carbocycles. The van der Waals surface area contributed by atoms with Crippen molar-refractivity contribution in [3.63, 3.8) is 0 Å². The molecule has 54 valence electrons. The van der Waals surface area contributed by atoms with E-state index in [0.717, 1.165) is 12.1 Å². The second-order valence-corrected chi connectivity index (χ2v) is 2.06. The van der Waals surface area contributed by atoms with Gasteiger partial charge in [-0.2, -0.15) is 5.10 Å². The number of hydrazone groups is 1. The lowest BCUT2D eigenvalue weighted by Crippen LogP contribution is -2.28. The summed E-state index contributed by atoms with van der Waals surface area (Å²) in [5.41, 5.74) is 0.555. The summed E-state index contributed by atoms with van der Waals surface area (Å²) in [5.74, 6) is 5.02. The Morgan fingerprint density at radius 3 is 2.56 bits per heavy atom. The molecule has 1 atom stereocenters. The first-order chi connectivity index (χ1) is 4.26. The Morgan fingerprint density at radius 1 is 1.89 bits per heavy atom. The van der Waals surface area contributed by atoms with Gasteiger partial charge in [-0.1, -0.05) is 18.5 Å². The molecule has 4 heteroatoms. The van der Waals surface area contributed by atoms with Crippen LogP contribution in [0.1, 0.15) is 13.3 Å². The zero-order valence-corrected chi connectivity index (χ0v) is 6.44. The van der Waals surface area contributed by atoms with Crippen molar-refractivity contribution in [3.05, 3.63) is 0 Å². The van der Waals surface area contributed by atoms with Gasteiger partial charge in [-0.05, 0) is 13.5 Å². The molecule has 1 unspecified atom stereocenters. The zero-order chi connectivity index (χ0) is 7.28. The number of nitrogens with zero attached hydrogens (tertiary/aromatic N) is 1. The van der Waals surface area contributed by atoms with Crippen LogP contribution >= 0.6 is 11.6 Å². The van der Waals surface area contributed by atoms with Crippen LogP contribution in [0.4, 0.5) is 0 Å². The van der Waals surface area contributed by atoms with Gasteiger partial charge in [0.25, 0.3) is 0 Å². The van der Waals surface area contributed by atoms with Crippen LogP contribution in [0.15, 0.2) is 5.10 Å². The van der Waals surface area contributed by atoms with Crippen LogP contribution in [0.5, 0.6) is 0 Å². The van der Waals surface area contributed by atoms with Crippen molar-refractivity contribution in [2.75, 3.05) is 7.05 Å². The van der Waals surface area contributed by atoms with E-state index < -0.39 is 0 Å². The minimum Gasteiger partial charge on any atom is -0.323 e. The van der Waals surface area contributed by atoms with Crippen molar-refractivity contribution in [1.29, 1.82) is 0 Å². The summed E-state index contributed by atoms with van der Waals surface area (Å²) < 4.78 is 0. The molecule has 0 aromatic rings. The van der Waals surface area contributed by atoms with Crippen molar-refractivity contribution in [2.45, 2.75) is 18.8 Å². The molecular weight excluding hydrogens is 138 g/mol. The van der Waals surface area contributed by atoms with E-state index in [9.17, 15) is 0 Å². The van der Waals surface area contributed by atoms with Crippen LogP contribution in [0, 0.1) is 0 Å². The lowest BCUT2D eigenvalue weighted by atomic mass is 10.3. The van der Waals surface area contributed by atoms with Crippen molar-refractivity contribution < 1.29 is 0 Å². The first kappa shape index (κ1) is 8.72. The Hall–Kier alpha value is -0.280. The molecule has 0 bridgehead atoms. The van der Waals surface area contributed by atoms with Gasteiger partial charge < -0.3 is 5.84 Å². The molecule has 0 aromatic heterocycles. The van der Waals surface area contributed by atoms with E-state index >= 15 is 0 Å². The predicted octanol–water partition coefficient (Wildman–Crippen LogP) is 0.495. The van der Waals surface area contributed by atoms with E-state index in [4.69, 9.17) is 17.4 Å². The SMILES string of the molecule is CC/C(=N/N)C(Cl)NC. The Labute approximate surface area is 60.3 Å². The minimum absolute atomic E-state index is 0.222. The molecule has 0 radical (unpaired) electrons. The number of alkyl halides is 1. The highest BCUT2D eigenvalue weighted by Gasteiger charge is 2.05. The van der Waals surface area contributed by atoms with Gasteiger partial charge in [0.2, 0.25) is 0 Å². The van der Waals surface area contributed by atoms with E-state index in [1.807, 2.05) is 6.92 Å². The van der Waals surface area contributed by atoms with Gasteiger partial charge in [-0.3, -0.25) is 5.32 Å². The average Bonchev–Trinajstić information content (AvgIpc) is 1.90. The molecule has 0 aliphatic carbocycles. The van der Waals surface area contributed by atoms with E-state index in [1.54, 1.807) is 7.05 Å². The standard InChI is InChI=1S/C5H12ClN3/c1-3-4(9-7)5(6)8-2/h5,8H,3,7H2,1-2H3/b9-4-. The fraction of sp³-hybridized carbons (Fsp3) is 0.800. The fourth-order valence-electron chi connectivity index (χ4n) is 0.503. The average molecular weight is 150 g/mol. The van der Waals surface area contributed by atoms with Crippen molar-refractivity contribution in [1.82, 2.24) is 5.32 Å². The fourth-order valence-corrected chi connectivity index (χ4v) is 0.713. The first-order valence-electron chi connectivity index (χ1n) is 2.84. The van der Waals surface area contributed by atoms with Gasteiger partial charge in [0.05, 0.1) is 5.71 Å². The largest absolute Gasteiger partial charge is 0.323 e. The highest BCUT2D eigenvalue weighted by atomic mass is 35.5. The lowest BCUT2D eigenvalue weighted by molar-refractivity contribution is 0.864. The maximum absolute atomic E-state index is 5.71. The van der Waals surface area contributed by atoms with Gasteiger partial charge >= 0.3 is 0 Å². The van der Waals surface area contributed by atoms with Gasteiger partial charge in [-0.15, -0.1) is 0 Å². The molecule has 0 aliphatic heterocycles. The molecule has 0 aliphatic rings. The van der Waals surface area contributed by atoms with Crippen molar-refractivity contribution in [3.8, 4) is 0 Å². The van der Waals surface area contributed by atoms with Crippen LogP contribution in [0.25, 0.3) is 0 Å². The lowest BCUT2D eigenvalue weighted by Gasteiger charge is -2.07. The quantitative estimate of drug-likeness (QED) is 0.202. The molecule has 0 saturated heterocycles. The zero-order valence-electron chi connectivity index (χ0n) is 5.69.